The van der Waals surface area contributed by atoms with E-state index < -0.39 is 60.3 Å². The first-order valence-corrected chi connectivity index (χ1v) is 11.7. The third-order valence-electron chi connectivity index (χ3n) is 3.06. The molecule has 8 N–H and O–H groups in total. The van der Waals surface area contributed by atoms with Gasteiger partial charge in [0.05, 0.1) is 14.4 Å². The SMILES string of the molecule is Nc1ccn([C@@H]2O[C@H](CO)[C@@H](O)[C@H]2O)c(=O)n1.O=P([O-])([O-])OP(=O)(O)OP(=O)(O)O.[Na+].[Na+]. The van der Waals surface area contributed by atoms with Gasteiger partial charge in [-0.15, -0.1) is 0 Å². The van der Waals surface area contributed by atoms with E-state index in [-0.39, 0.29) is 64.9 Å². The van der Waals surface area contributed by atoms with Crippen molar-refractivity contribution in [3.8, 4) is 0 Å². The van der Waals surface area contributed by atoms with Crippen LogP contribution >= 0.6 is 23.5 Å². The smallest absolute Gasteiger partial charge is 0.789 e. The fourth-order valence-electron chi connectivity index (χ4n) is 2.01. The van der Waals surface area contributed by atoms with Crippen LogP contribution in [0.4, 0.5) is 5.82 Å². The molecular weight excluding hydrogens is 529 g/mol. The van der Waals surface area contributed by atoms with Crippen LogP contribution in [-0.2, 0) is 27.1 Å². The van der Waals surface area contributed by atoms with Gasteiger partial charge >= 0.3 is 80.4 Å². The monoisotopic (exact) mass is 545 g/mol. The number of nitrogens with two attached hydrogens (primary N) is 1. The van der Waals surface area contributed by atoms with Crippen LogP contribution < -0.4 is 80.3 Å². The molecular formula is C9H16N3Na2O15P3. The molecule has 32 heavy (non-hydrogen) atoms. The minimum atomic E-state index is -5.85. The van der Waals surface area contributed by atoms with Crippen LogP contribution in [0.25, 0.3) is 0 Å². The molecule has 0 amide bonds. The van der Waals surface area contributed by atoms with Crippen molar-refractivity contribution in [1.82, 2.24) is 9.55 Å². The van der Waals surface area contributed by atoms with E-state index in [0.29, 0.717) is 0 Å². The summed E-state index contributed by atoms with van der Waals surface area (Å²) in [6.45, 7) is -0.453. The second-order valence-electron chi connectivity index (χ2n) is 5.34. The van der Waals surface area contributed by atoms with Gasteiger partial charge in [0.25, 0.3) is 0 Å². The molecule has 0 spiro atoms. The van der Waals surface area contributed by atoms with Gasteiger partial charge in [0.1, 0.15) is 24.1 Å². The number of hydrogen-bond donors (Lipinski definition) is 7. The Morgan fingerprint density at radius 2 is 1.66 bits per heavy atom. The molecule has 18 nitrogen and oxygen atoms in total. The van der Waals surface area contributed by atoms with E-state index in [1.54, 1.807) is 0 Å². The van der Waals surface area contributed by atoms with E-state index in [1.165, 1.54) is 12.3 Å². The molecule has 5 atom stereocenters. The topological polar surface area (TPSA) is 307 Å². The minimum absolute atomic E-state index is 0. The Balaban J connectivity index is 0. The molecule has 23 heteroatoms. The Morgan fingerprint density at radius 1 is 1.12 bits per heavy atom. The zero-order valence-corrected chi connectivity index (χ0v) is 23.0. The Hall–Kier alpha value is 0.930. The van der Waals surface area contributed by atoms with Crippen molar-refractivity contribution in [2.75, 3.05) is 12.3 Å². The van der Waals surface area contributed by atoms with E-state index in [0.717, 1.165) is 4.57 Å². The number of rotatable bonds is 6. The summed E-state index contributed by atoms with van der Waals surface area (Å²) in [4.78, 5) is 58.5. The number of phosphoric acid groups is 3. The van der Waals surface area contributed by atoms with E-state index in [1.807, 2.05) is 0 Å². The van der Waals surface area contributed by atoms with Crippen LogP contribution in [0.5, 0.6) is 0 Å². The van der Waals surface area contributed by atoms with Gasteiger partial charge < -0.3 is 54.8 Å². The van der Waals surface area contributed by atoms with E-state index in [2.05, 4.69) is 13.6 Å². The average molecular weight is 545 g/mol. The van der Waals surface area contributed by atoms with E-state index >= 15 is 0 Å². The van der Waals surface area contributed by atoms with Gasteiger partial charge in [0.15, 0.2) is 6.23 Å². The molecule has 0 saturated carbocycles. The zero-order chi connectivity index (χ0) is 23.5. The molecule has 1 unspecified atom stereocenters. The van der Waals surface area contributed by atoms with Gasteiger partial charge in [-0.2, -0.15) is 9.29 Å². The number of anilines is 1. The molecule has 0 bridgehead atoms. The van der Waals surface area contributed by atoms with Gasteiger partial charge in [0, 0.05) is 6.20 Å². The second-order valence-corrected chi connectivity index (χ2v) is 9.46. The first kappa shape index (κ1) is 35.1. The van der Waals surface area contributed by atoms with Crippen molar-refractivity contribution >= 4 is 29.3 Å². The molecule has 0 aliphatic carbocycles. The maximum Gasteiger partial charge on any atom is 1.00 e. The molecule has 0 aromatic carbocycles. The summed E-state index contributed by atoms with van der Waals surface area (Å²) >= 11 is 0. The van der Waals surface area contributed by atoms with Crippen LogP contribution in [-0.4, -0.2) is 64.5 Å². The number of aromatic nitrogens is 2. The van der Waals surface area contributed by atoms with Gasteiger partial charge in [-0.05, 0) is 6.07 Å². The van der Waals surface area contributed by atoms with Crippen molar-refractivity contribution in [1.29, 1.82) is 0 Å². The average Bonchev–Trinajstić information content (AvgIpc) is 2.79. The quantitative estimate of drug-likeness (QED) is 0.129. The molecule has 1 aliphatic heterocycles. The number of aliphatic hydroxyl groups is 3. The second kappa shape index (κ2) is 13.9. The van der Waals surface area contributed by atoms with E-state index in [4.69, 9.17) is 30.3 Å². The predicted octanol–water partition coefficient (Wildman–Crippen LogP) is -10.5. The summed E-state index contributed by atoms with van der Waals surface area (Å²) in [5.74, 6) is 0.0537. The van der Waals surface area contributed by atoms with Crippen molar-refractivity contribution in [2.24, 2.45) is 0 Å². The Bertz CT molecular complexity index is 908. The Kier molecular flexibility index (Phi) is 15.2. The molecule has 1 aromatic heterocycles. The fraction of sp³-hybridized carbons (Fsp3) is 0.556. The van der Waals surface area contributed by atoms with Crippen LogP contribution in [0, 0.1) is 0 Å². The summed E-state index contributed by atoms with van der Waals surface area (Å²) in [6, 6.07) is 1.37. The van der Waals surface area contributed by atoms with Crippen molar-refractivity contribution in [3.63, 3.8) is 0 Å². The van der Waals surface area contributed by atoms with Gasteiger partial charge in [-0.25, -0.2) is 13.9 Å². The third-order valence-corrected chi connectivity index (χ3v) is 6.36. The van der Waals surface area contributed by atoms with E-state index in [9.17, 15) is 38.5 Å². The van der Waals surface area contributed by atoms with Crippen molar-refractivity contribution < 1.29 is 126 Å². The molecule has 0 radical (unpaired) electrons. The van der Waals surface area contributed by atoms with Crippen molar-refractivity contribution in [3.05, 3.63) is 22.7 Å². The molecule has 174 valence electrons. The summed E-state index contributed by atoms with van der Waals surface area (Å²) in [7, 11) is -16.9. The minimum Gasteiger partial charge on any atom is -0.789 e. The van der Waals surface area contributed by atoms with Gasteiger partial charge in [-0.3, -0.25) is 8.88 Å². The summed E-state index contributed by atoms with van der Waals surface area (Å²) in [6.07, 6.45) is -3.27. The van der Waals surface area contributed by atoms with Crippen molar-refractivity contribution in [2.45, 2.75) is 24.5 Å². The number of nitrogens with zero attached hydrogens (tertiary/aromatic N) is 2. The summed E-state index contributed by atoms with van der Waals surface area (Å²) in [5.41, 5.74) is 4.63. The maximum absolute atomic E-state index is 11.5. The molecule has 2 heterocycles. The van der Waals surface area contributed by atoms with Crippen LogP contribution in [0.2, 0.25) is 0 Å². The summed E-state index contributed by atoms with van der Waals surface area (Å²) < 4.78 is 41.9. The molecule has 1 fully saturated rings. The molecule has 1 aromatic rings. The molecule has 1 saturated heterocycles. The predicted molar refractivity (Wildman–Crippen MR) is 87.6 cm³/mol. The number of nitrogen functional groups attached to an aromatic ring is 1. The largest absolute Gasteiger partial charge is 1.00 e. The normalized spacial score (nSPS) is 24.9. The van der Waals surface area contributed by atoms with Crippen LogP contribution in [0.3, 0.4) is 0 Å². The Labute approximate surface area is 223 Å². The van der Waals surface area contributed by atoms with Gasteiger partial charge in [0.2, 0.25) is 0 Å². The van der Waals surface area contributed by atoms with Gasteiger partial charge in [-0.1, -0.05) is 0 Å². The fourth-order valence-corrected chi connectivity index (χ4v) is 4.48. The number of hydrogen-bond acceptors (Lipinski definition) is 14. The van der Waals surface area contributed by atoms with Crippen LogP contribution in [0.15, 0.2) is 17.1 Å². The Morgan fingerprint density at radius 3 is 2.03 bits per heavy atom. The number of ether oxygens (including phenoxy) is 1. The first-order chi connectivity index (χ1) is 13.5. The third kappa shape index (κ3) is 12.1. The standard InChI is InChI=1S/C9H13N3O5.2Na.H5O10P3/c10-5-1-2-12(9(16)11-5)8-7(15)6(14)4(3-13)17-8;;;1-11(2,3)9-13(7,8)10-12(4,5)6/h1-2,4,6-8,13-15H,3H2,(H2,10,11,16);;;(H,7,8)(H2,1,2,3)(H2,4,5,6)/q;2*+1;/p-2/t4-,6-,7-,8-;;;/m1.../s1. The molecule has 2 rings (SSSR count). The zero-order valence-electron chi connectivity index (χ0n) is 16.3. The number of aliphatic hydroxyl groups excluding tert-OH is 3. The first-order valence-electron chi connectivity index (χ1n) is 7.26. The summed E-state index contributed by atoms with van der Waals surface area (Å²) in [5, 5.41) is 28.2. The molecule has 1 aliphatic rings. The maximum atomic E-state index is 11.5. The van der Waals surface area contributed by atoms with Crippen LogP contribution in [0.1, 0.15) is 6.23 Å².